The van der Waals surface area contributed by atoms with E-state index in [2.05, 4.69) is 5.92 Å². The Kier molecular flexibility index (Phi) is 3.63. The summed E-state index contributed by atoms with van der Waals surface area (Å²) in [5, 5.41) is 16.8. The van der Waals surface area contributed by atoms with Crippen molar-refractivity contribution in [3.63, 3.8) is 0 Å². The van der Waals surface area contributed by atoms with Gasteiger partial charge in [-0.3, -0.25) is 0 Å². The number of carboxylic acid groups (broad SMARTS) is 1. The summed E-state index contributed by atoms with van der Waals surface area (Å²) in [5.41, 5.74) is -0.410. The van der Waals surface area contributed by atoms with Gasteiger partial charge in [0.1, 0.15) is 0 Å². The van der Waals surface area contributed by atoms with Crippen LogP contribution in [0, 0.1) is 17.3 Å². The van der Waals surface area contributed by atoms with Crippen molar-refractivity contribution in [3.8, 4) is 11.8 Å². The lowest BCUT2D eigenvalue weighted by molar-refractivity contribution is -0.130. The molecule has 0 aliphatic rings. The smallest absolute Gasteiger partial charge is 0.381 e. The Morgan fingerprint density at radius 2 is 2.09 bits per heavy atom. The minimum atomic E-state index is -1.13. The summed E-state index contributed by atoms with van der Waals surface area (Å²) >= 11 is 0. The van der Waals surface area contributed by atoms with Gasteiger partial charge < -0.3 is 10.2 Å². The summed E-state index contributed by atoms with van der Waals surface area (Å²) in [5.74, 6) is 3.45. The number of hydrogen-bond donors (Lipinski definition) is 2. The van der Waals surface area contributed by atoms with Crippen LogP contribution in [0.2, 0.25) is 0 Å². The molecule has 0 saturated carbocycles. The zero-order valence-corrected chi connectivity index (χ0v) is 6.72. The third-order valence-corrected chi connectivity index (χ3v) is 1.24. The molecule has 0 amide bonds. The van der Waals surface area contributed by atoms with Gasteiger partial charge in [-0.1, -0.05) is 5.92 Å². The van der Waals surface area contributed by atoms with Crippen molar-refractivity contribution < 1.29 is 15.0 Å². The lowest BCUT2D eigenvalue weighted by Crippen LogP contribution is -2.10. The van der Waals surface area contributed by atoms with Gasteiger partial charge in [0.15, 0.2) is 0 Å². The van der Waals surface area contributed by atoms with E-state index in [4.69, 9.17) is 10.2 Å². The zero-order valence-electron chi connectivity index (χ0n) is 6.72. The first-order valence-electron chi connectivity index (χ1n) is 3.35. The summed E-state index contributed by atoms with van der Waals surface area (Å²) in [6.45, 7) is 3.61. The summed E-state index contributed by atoms with van der Waals surface area (Å²) < 4.78 is 0. The molecule has 0 spiro atoms. The highest BCUT2D eigenvalue weighted by atomic mass is 16.4. The van der Waals surface area contributed by atoms with Crippen LogP contribution < -0.4 is 0 Å². The van der Waals surface area contributed by atoms with Crippen LogP contribution in [0.3, 0.4) is 0 Å². The van der Waals surface area contributed by atoms with Crippen LogP contribution >= 0.6 is 0 Å². The van der Waals surface area contributed by atoms with Crippen LogP contribution in [0.15, 0.2) is 0 Å². The van der Waals surface area contributed by atoms with Crippen molar-refractivity contribution in [2.75, 3.05) is 6.61 Å². The van der Waals surface area contributed by atoms with Crippen LogP contribution in [0.25, 0.3) is 0 Å². The predicted molar refractivity (Wildman–Crippen MR) is 40.9 cm³/mol. The largest absolute Gasteiger partial charge is 0.472 e. The molecular weight excluding hydrogens is 144 g/mol. The molecule has 0 saturated heterocycles. The second kappa shape index (κ2) is 3.99. The van der Waals surface area contributed by atoms with E-state index in [0.717, 1.165) is 0 Å². The Hall–Kier alpha value is -1.01. The van der Waals surface area contributed by atoms with Crippen molar-refractivity contribution >= 4 is 5.97 Å². The molecule has 62 valence electrons. The Labute approximate surface area is 66.0 Å². The topological polar surface area (TPSA) is 57.5 Å². The van der Waals surface area contributed by atoms with Crippen LogP contribution in [0.1, 0.15) is 20.3 Å². The minimum absolute atomic E-state index is 0.0291. The van der Waals surface area contributed by atoms with Crippen molar-refractivity contribution in [3.05, 3.63) is 0 Å². The highest BCUT2D eigenvalue weighted by Crippen LogP contribution is 2.17. The maximum atomic E-state index is 10.0. The van der Waals surface area contributed by atoms with Crippen LogP contribution in [-0.4, -0.2) is 22.8 Å². The molecule has 0 aromatic carbocycles. The van der Waals surface area contributed by atoms with E-state index in [9.17, 15) is 4.79 Å². The van der Waals surface area contributed by atoms with Crippen LogP contribution in [0.4, 0.5) is 0 Å². The zero-order chi connectivity index (χ0) is 8.91. The van der Waals surface area contributed by atoms with Crippen LogP contribution in [0.5, 0.6) is 0 Å². The van der Waals surface area contributed by atoms with Crippen LogP contribution in [-0.2, 0) is 4.79 Å². The SMILES string of the molecule is CC(C)(C#CC(=O)O)CCO. The summed E-state index contributed by atoms with van der Waals surface area (Å²) in [4.78, 5) is 10.0. The molecule has 3 heteroatoms. The van der Waals surface area contributed by atoms with Gasteiger partial charge in [0, 0.05) is 17.9 Å². The van der Waals surface area contributed by atoms with Gasteiger partial charge >= 0.3 is 5.97 Å². The lowest BCUT2D eigenvalue weighted by Gasteiger charge is -2.14. The second-order valence-corrected chi connectivity index (χ2v) is 2.91. The number of hydrogen-bond acceptors (Lipinski definition) is 2. The fourth-order valence-electron chi connectivity index (χ4n) is 0.565. The molecule has 0 aromatic heterocycles. The molecule has 0 unspecified atom stereocenters. The van der Waals surface area contributed by atoms with Gasteiger partial charge in [0.2, 0.25) is 0 Å². The minimum Gasteiger partial charge on any atom is -0.472 e. The van der Waals surface area contributed by atoms with Gasteiger partial charge in [-0.05, 0) is 20.3 Å². The van der Waals surface area contributed by atoms with E-state index in [1.807, 2.05) is 5.92 Å². The predicted octanol–water partition coefficient (Wildman–Crippen LogP) is 0.483. The fourth-order valence-corrected chi connectivity index (χ4v) is 0.565. The first-order chi connectivity index (χ1) is 4.98. The monoisotopic (exact) mass is 156 g/mol. The molecule has 0 aliphatic heterocycles. The third-order valence-electron chi connectivity index (χ3n) is 1.24. The number of rotatable bonds is 2. The number of carbonyl (C=O) groups is 1. The second-order valence-electron chi connectivity index (χ2n) is 2.91. The first-order valence-corrected chi connectivity index (χ1v) is 3.35. The number of aliphatic carboxylic acids is 1. The van der Waals surface area contributed by atoms with Gasteiger partial charge in [0.25, 0.3) is 0 Å². The molecule has 0 bridgehead atoms. The van der Waals surface area contributed by atoms with Gasteiger partial charge in [0.05, 0.1) is 0 Å². The van der Waals surface area contributed by atoms with Gasteiger partial charge in [-0.25, -0.2) is 4.79 Å². The number of aliphatic hydroxyl groups excluding tert-OH is 1. The highest BCUT2D eigenvalue weighted by Gasteiger charge is 2.12. The summed E-state index contributed by atoms with van der Waals surface area (Å²) in [6.07, 6.45) is 0.493. The fraction of sp³-hybridized carbons (Fsp3) is 0.625. The molecule has 0 fully saturated rings. The van der Waals surface area contributed by atoms with Gasteiger partial charge in [-0.15, -0.1) is 0 Å². The van der Waals surface area contributed by atoms with E-state index in [-0.39, 0.29) is 6.61 Å². The Balaban J connectivity index is 4.13. The Morgan fingerprint density at radius 1 is 1.55 bits per heavy atom. The van der Waals surface area contributed by atoms with Gasteiger partial charge in [-0.2, -0.15) is 0 Å². The average Bonchev–Trinajstić information content (AvgIpc) is 1.84. The standard InChI is InChI=1S/C8H12O3/c1-8(2,5-6-9)4-3-7(10)11/h9H,5-6H2,1-2H3,(H,10,11). The maximum absolute atomic E-state index is 10.0. The molecule has 0 atom stereocenters. The molecule has 0 rings (SSSR count). The Morgan fingerprint density at radius 3 is 2.45 bits per heavy atom. The first kappa shape index (κ1) is 9.99. The van der Waals surface area contributed by atoms with E-state index in [1.54, 1.807) is 13.8 Å². The molecule has 0 aromatic rings. The van der Waals surface area contributed by atoms with E-state index < -0.39 is 11.4 Å². The summed E-state index contributed by atoms with van der Waals surface area (Å²) in [7, 11) is 0. The molecule has 11 heavy (non-hydrogen) atoms. The van der Waals surface area contributed by atoms with Crippen molar-refractivity contribution in [1.29, 1.82) is 0 Å². The number of carboxylic acids is 1. The third kappa shape index (κ3) is 5.43. The van der Waals surface area contributed by atoms with E-state index >= 15 is 0 Å². The molecule has 3 nitrogen and oxygen atoms in total. The highest BCUT2D eigenvalue weighted by molar-refractivity contribution is 5.86. The van der Waals surface area contributed by atoms with Crippen molar-refractivity contribution in [2.24, 2.45) is 5.41 Å². The molecule has 0 heterocycles. The number of aliphatic hydroxyl groups is 1. The van der Waals surface area contributed by atoms with E-state index in [0.29, 0.717) is 6.42 Å². The average molecular weight is 156 g/mol. The quantitative estimate of drug-likeness (QED) is 0.572. The summed E-state index contributed by atoms with van der Waals surface area (Å²) in [6, 6.07) is 0. The molecule has 2 N–H and O–H groups in total. The van der Waals surface area contributed by atoms with Crippen molar-refractivity contribution in [1.82, 2.24) is 0 Å². The maximum Gasteiger partial charge on any atom is 0.381 e. The normalized spacial score (nSPS) is 10.1. The molecule has 0 aliphatic carbocycles. The Bertz CT molecular complexity index is 195. The molecular formula is C8H12O3. The van der Waals surface area contributed by atoms with Crippen molar-refractivity contribution in [2.45, 2.75) is 20.3 Å². The lowest BCUT2D eigenvalue weighted by atomic mass is 9.91. The molecule has 0 radical (unpaired) electrons. The van der Waals surface area contributed by atoms with E-state index in [1.165, 1.54) is 0 Å².